The van der Waals surface area contributed by atoms with Crippen molar-refractivity contribution in [3.05, 3.63) is 58.3 Å². The fourth-order valence-corrected chi connectivity index (χ4v) is 3.56. The fourth-order valence-electron chi connectivity index (χ4n) is 3.56. The molecule has 1 aliphatic heterocycles. The first-order valence-electron chi connectivity index (χ1n) is 9.28. The van der Waals surface area contributed by atoms with E-state index in [1.165, 1.54) is 25.3 Å². The van der Waals surface area contributed by atoms with Gasteiger partial charge in [-0.3, -0.25) is 9.20 Å². The number of aromatic nitrogens is 2. The topological polar surface area (TPSA) is 50.1 Å². The highest BCUT2D eigenvalue weighted by Gasteiger charge is 2.17. The normalized spacial score (nSPS) is 15.2. The molecule has 4 rings (SSSR count). The molecule has 1 fully saturated rings. The van der Waals surface area contributed by atoms with Crippen LogP contribution in [0.5, 0.6) is 5.75 Å². The number of ether oxygens (including phenoxy) is 1. The third kappa shape index (κ3) is 3.33. The van der Waals surface area contributed by atoms with Crippen molar-refractivity contribution in [1.29, 1.82) is 0 Å². The number of benzene rings is 1. The van der Waals surface area contributed by atoms with Gasteiger partial charge < -0.3 is 14.5 Å². The molecular weight excluding hydrogens is 359 g/mol. The van der Waals surface area contributed by atoms with Crippen molar-refractivity contribution in [1.82, 2.24) is 14.3 Å². The number of likely N-dealkylation sites (N-methyl/N-ethyl adjacent to an activating group) is 1. The Hall–Kier alpha value is -2.93. The first-order chi connectivity index (χ1) is 13.5. The van der Waals surface area contributed by atoms with Crippen molar-refractivity contribution < 1.29 is 9.13 Å². The second kappa shape index (κ2) is 7.24. The number of piperazine rings is 1. The highest BCUT2D eigenvalue weighted by molar-refractivity contribution is 5.65. The van der Waals surface area contributed by atoms with Crippen LogP contribution in [0.2, 0.25) is 0 Å². The summed E-state index contributed by atoms with van der Waals surface area (Å²) in [5, 5.41) is 0. The Balaban J connectivity index is 1.77. The van der Waals surface area contributed by atoms with E-state index in [4.69, 9.17) is 4.74 Å². The first-order valence-corrected chi connectivity index (χ1v) is 9.28. The van der Waals surface area contributed by atoms with Crippen molar-refractivity contribution in [3.8, 4) is 17.0 Å². The molecule has 7 heteroatoms. The molecule has 0 spiro atoms. The van der Waals surface area contributed by atoms with Crippen LogP contribution in [-0.2, 0) is 0 Å². The van der Waals surface area contributed by atoms with Crippen molar-refractivity contribution in [3.63, 3.8) is 0 Å². The highest BCUT2D eigenvalue weighted by Crippen LogP contribution is 2.25. The maximum Gasteiger partial charge on any atom is 0.258 e. The third-order valence-electron chi connectivity index (χ3n) is 5.25. The van der Waals surface area contributed by atoms with Gasteiger partial charge in [0.1, 0.15) is 5.65 Å². The Morgan fingerprint density at radius 1 is 1.11 bits per heavy atom. The van der Waals surface area contributed by atoms with E-state index in [0.717, 1.165) is 37.4 Å². The molecular formula is C21H23FN4O2. The number of hydrogen-bond acceptors (Lipinski definition) is 5. The zero-order chi connectivity index (χ0) is 19.8. The Labute approximate surface area is 162 Å². The van der Waals surface area contributed by atoms with Gasteiger partial charge in [0.2, 0.25) is 0 Å². The van der Waals surface area contributed by atoms with Gasteiger partial charge in [0.15, 0.2) is 11.6 Å². The standard InChI is InChI=1S/C21H23FN4O2/c1-14-10-16(25-8-6-24(2)7-9-25)13-26-20(27)12-18(23-21(14)26)15-4-5-19(28-3)17(22)11-15/h4-5,10-13H,6-9H2,1-3H3. The highest BCUT2D eigenvalue weighted by atomic mass is 19.1. The number of anilines is 1. The third-order valence-corrected chi connectivity index (χ3v) is 5.25. The summed E-state index contributed by atoms with van der Waals surface area (Å²) in [5.74, 6) is -0.321. The van der Waals surface area contributed by atoms with Gasteiger partial charge >= 0.3 is 0 Å². The predicted octanol–water partition coefficient (Wildman–Crippen LogP) is 2.57. The molecule has 1 aliphatic rings. The Kier molecular flexibility index (Phi) is 4.77. The van der Waals surface area contributed by atoms with Crippen LogP contribution in [0.25, 0.3) is 16.9 Å². The van der Waals surface area contributed by atoms with Gasteiger partial charge in [0.05, 0.1) is 18.5 Å². The molecule has 0 amide bonds. The summed E-state index contributed by atoms with van der Waals surface area (Å²) in [6.07, 6.45) is 1.85. The zero-order valence-electron chi connectivity index (χ0n) is 16.3. The number of aryl methyl sites for hydroxylation is 1. The lowest BCUT2D eigenvalue weighted by Gasteiger charge is -2.34. The van der Waals surface area contributed by atoms with E-state index in [0.29, 0.717) is 16.9 Å². The number of methoxy groups -OCH3 is 1. The quantitative estimate of drug-likeness (QED) is 0.697. The molecule has 0 radical (unpaired) electrons. The van der Waals surface area contributed by atoms with Crippen LogP contribution in [-0.4, -0.2) is 54.6 Å². The second-order valence-corrected chi connectivity index (χ2v) is 7.19. The zero-order valence-corrected chi connectivity index (χ0v) is 16.3. The van der Waals surface area contributed by atoms with Gasteiger partial charge in [0.25, 0.3) is 5.56 Å². The monoisotopic (exact) mass is 382 g/mol. The molecule has 1 aromatic carbocycles. The van der Waals surface area contributed by atoms with Crippen LogP contribution in [0.4, 0.5) is 10.1 Å². The van der Waals surface area contributed by atoms with Crippen LogP contribution in [0.1, 0.15) is 5.56 Å². The van der Waals surface area contributed by atoms with E-state index in [1.54, 1.807) is 10.5 Å². The van der Waals surface area contributed by atoms with Crippen LogP contribution in [0.15, 0.2) is 41.3 Å². The average Bonchev–Trinajstić information content (AvgIpc) is 2.69. The SMILES string of the molecule is COc1ccc(-c2cc(=O)n3cc(N4CCN(C)CC4)cc(C)c3n2)cc1F. The average molecular weight is 382 g/mol. The number of fused-ring (bicyclic) bond motifs is 1. The molecule has 6 nitrogen and oxygen atoms in total. The van der Waals surface area contributed by atoms with E-state index in [2.05, 4.69) is 27.9 Å². The minimum Gasteiger partial charge on any atom is -0.494 e. The molecule has 3 aromatic rings. The summed E-state index contributed by atoms with van der Waals surface area (Å²) < 4.78 is 20.6. The minimum absolute atomic E-state index is 0.161. The summed E-state index contributed by atoms with van der Waals surface area (Å²) in [5.41, 5.74) is 3.31. The molecule has 1 saturated heterocycles. The molecule has 3 heterocycles. The number of halogens is 1. The van der Waals surface area contributed by atoms with Crippen LogP contribution < -0.4 is 15.2 Å². The molecule has 0 N–H and O–H groups in total. The largest absolute Gasteiger partial charge is 0.494 e. The summed E-state index contributed by atoms with van der Waals surface area (Å²) in [7, 11) is 3.53. The van der Waals surface area contributed by atoms with Gasteiger partial charge in [-0.1, -0.05) is 0 Å². The summed E-state index contributed by atoms with van der Waals surface area (Å²) in [6, 6.07) is 8.09. The lowest BCUT2D eigenvalue weighted by atomic mass is 10.1. The summed E-state index contributed by atoms with van der Waals surface area (Å²) in [4.78, 5) is 22.0. The predicted molar refractivity (Wildman–Crippen MR) is 108 cm³/mol. The second-order valence-electron chi connectivity index (χ2n) is 7.19. The van der Waals surface area contributed by atoms with Gasteiger partial charge in [0, 0.05) is 44.0 Å². The van der Waals surface area contributed by atoms with Crippen molar-refractivity contribution in [2.45, 2.75) is 6.92 Å². The molecule has 0 saturated carbocycles. The Morgan fingerprint density at radius 3 is 2.54 bits per heavy atom. The van der Waals surface area contributed by atoms with Crippen molar-refractivity contribution in [2.75, 3.05) is 45.2 Å². The summed E-state index contributed by atoms with van der Waals surface area (Å²) >= 11 is 0. The minimum atomic E-state index is -0.482. The summed E-state index contributed by atoms with van der Waals surface area (Å²) in [6.45, 7) is 5.78. The Morgan fingerprint density at radius 2 is 1.86 bits per heavy atom. The van der Waals surface area contributed by atoms with Crippen LogP contribution in [0, 0.1) is 12.7 Å². The molecule has 0 unspecified atom stereocenters. The van der Waals surface area contributed by atoms with E-state index in [9.17, 15) is 9.18 Å². The van der Waals surface area contributed by atoms with Crippen molar-refractivity contribution >= 4 is 11.3 Å². The van der Waals surface area contributed by atoms with E-state index in [1.807, 2.05) is 13.1 Å². The lowest BCUT2D eigenvalue weighted by molar-refractivity contribution is 0.312. The molecule has 0 aliphatic carbocycles. The van der Waals surface area contributed by atoms with Crippen molar-refractivity contribution in [2.24, 2.45) is 0 Å². The van der Waals surface area contributed by atoms with Crippen LogP contribution in [0.3, 0.4) is 0 Å². The Bertz CT molecular complexity index is 1090. The number of nitrogens with zero attached hydrogens (tertiary/aromatic N) is 4. The van der Waals surface area contributed by atoms with E-state index >= 15 is 0 Å². The van der Waals surface area contributed by atoms with Gasteiger partial charge in [-0.15, -0.1) is 0 Å². The van der Waals surface area contributed by atoms with Crippen LogP contribution >= 0.6 is 0 Å². The van der Waals surface area contributed by atoms with Gasteiger partial charge in [-0.2, -0.15) is 0 Å². The molecule has 0 atom stereocenters. The maximum atomic E-state index is 14.1. The number of pyridine rings is 1. The smallest absolute Gasteiger partial charge is 0.258 e. The molecule has 146 valence electrons. The molecule has 2 aromatic heterocycles. The first kappa shape index (κ1) is 18.4. The fraction of sp³-hybridized carbons (Fsp3) is 0.333. The lowest BCUT2D eigenvalue weighted by Crippen LogP contribution is -2.44. The van der Waals surface area contributed by atoms with Gasteiger partial charge in [-0.05, 0) is 43.8 Å². The molecule has 28 heavy (non-hydrogen) atoms. The van der Waals surface area contributed by atoms with Gasteiger partial charge in [-0.25, -0.2) is 9.37 Å². The molecule has 0 bridgehead atoms. The maximum absolute atomic E-state index is 14.1. The number of rotatable bonds is 3. The number of hydrogen-bond donors (Lipinski definition) is 0. The van der Waals surface area contributed by atoms with E-state index in [-0.39, 0.29) is 11.3 Å². The van der Waals surface area contributed by atoms with E-state index < -0.39 is 5.82 Å².